The maximum Gasteiger partial charge on any atom is 0.235 e. The molecule has 1 aliphatic rings. The van der Waals surface area contributed by atoms with Gasteiger partial charge in [0.1, 0.15) is 5.25 Å². The first-order chi connectivity index (χ1) is 7.65. The molecule has 1 amide bonds. The van der Waals surface area contributed by atoms with Gasteiger partial charge in [-0.3, -0.25) is 9.00 Å². The summed E-state index contributed by atoms with van der Waals surface area (Å²) in [6, 6.07) is 0.307. The SMILES string of the molecule is CC(C(=O)NC1CCCC1)S(=O)CCCN. The first-order valence-corrected chi connectivity index (χ1v) is 7.41. The Kier molecular flexibility index (Phi) is 5.98. The fourth-order valence-corrected chi connectivity index (χ4v) is 3.02. The molecule has 94 valence electrons. The minimum Gasteiger partial charge on any atom is -0.352 e. The van der Waals surface area contributed by atoms with E-state index >= 15 is 0 Å². The van der Waals surface area contributed by atoms with Crippen LogP contribution in [0.15, 0.2) is 0 Å². The Morgan fingerprint density at radius 1 is 1.50 bits per heavy atom. The molecule has 1 saturated carbocycles. The lowest BCUT2D eigenvalue weighted by Gasteiger charge is -2.16. The molecule has 16 heavy (non-hydrogen) atoms. The van der Waals surface area contributed by atoms with Crippen LogP contribution in [0, 0.1) is 0 Å². The summed E-state index contributed by atoms with van der Waals surface area (Å²) in [5.41, 5.74) is 5.35. The van der Waals surface area contributed by atoms with Crippen LogP contribution in [0.4, 0.5) is 0 Å². The van der Waals surface area contributed by atoms with Gasteiger partial charge in [-0.25, -0.2) is 0 Å². The van der Waals surface area contributed by atoms with E-state index in [9.17, 15) is 9.00 Å². The van der Waals surface area contributed by atoms with E-state index in [0.29, 0.717) is 24.8 Å². The maximum absolute atomic E-state index is 11.8. The lowest BCUT2D eigenvalue weighted by molar-refractivity contribution is -0.121. The highest BCUT2D eigenvalue weighted by atomic mass is 32.2. The largest absolute Gasteiger partial charge is 0.352 e. The van der Waals surface area contributed by atoms with Crippen LogP contribution in [0.1, 0.15) is 39.0 Å². The molecule has 1 fully saturated rings. The molecule has 2 unspecified atom stereocenters. The number of nitrogens with two attached hydrogens (primary N) is 1. The van der Waals surface area contributed by atoms with Gasteiger partial charge in [0.25, 0.3) is 0 Å². The summed E-state index contributed by atoms with van der Waals surface area (Å²) in [4.78, 5) is 11.8. The quantitative estimate of drug-likeness (QED) is 0.718. The van der Waals surface area contributed by atoms with Crippen LogP contribution >= 0.6 is 0 Å². The van der Waals surface area contributed by atoms with Crippen molar-refractivity contribution in [3.8, 4) is 0 Å². The van der Waals surface area contributed by atoms with Gasteiger partial charge in [0.15, 0.2) is 0 Å². The highest BCUT2D eigenvalue weighted by Crippen LogP contribution is 2.17. The van der Waals surface area contributed by atoms with Crippen LogP contribution < -0.4 is 11.1 Å². The Bertz CT molecular complexity index is 252. The zero-order chi connectivity index (χ0) is 12.0. The second-order valence-corrected chi connectivity index (χ2v) is 6.24. The Morgan fingerprint density at radius 2 is 2.12 bits per heavy atom. The molecule has 0 aromatic heterocycles. The van der Waals surface area contributed by atoms with Crippen LogP contribution in [-0.2, 0) is 15.6 Å². The lowest BCUT2D eigenvalue weighted by Crippen LogP contribution is -2.41. The summed E-state index contributed by atoms with van der Waals surface area (Å²) in [5, 5.41) is 2.56. The Morgan fingerprint density at radius 3 is 2.69 bits per heavy atom. The Labute approximate surface area is 99.8 Å². The third-order valence-electron chi connectivity index (χ3n) is 3.01. The van der Waals surface area contributed by atoms with Crippen molar-refractivity contribution in [3.63, 3.8) is 0 Å². The molecular formula is C11H22N2O2S. The molecule has 5 heteroatoms. The average Bonchev–Trinajstić information content (AvgIpc) is 2.77. The van der Waals surface area contributed by atoms with Gasteiger partial charge in [0.2, 0.25) is 5.91 Å². The van der Waals surface area contributed by atoms with Crippen molar-refractivity contribution >= 4 is 16.7 Å². The number of nitrogens with one attached hydrogen (secondary N) is 1. The standard InChI is InChI=1S/C11H22N2O2S/c1-9(16(15)8-4-7-12)11(14)13-10-5-2-3-6-10/h9-10H,2-8,12H2,1H3,(H,13,14). The van der Waals surface area contributed by atoms with Gasteiger partial charge >= 0.3 is 0 Å². The van der Waals surface area contributed by atoms with Gasteiger partial charge < -0.3 is 11.1 Å². The molecular weight excluding hydrogens is 224 g/mol. The topological polar surface area (TPSA) is 72.2 Å². The first-order valence-electron chi connectivity index (χ1n) is 6.02. The summed E-state index contributed by atoms with van der Waals surface area (Å²) >= 11 is 0. The number of amides is 1. The van der Waals surface area contributed by atoms with Crippen LogP contribution in [0.2, 0.25) is 0 Å². The minimum atomic E-state index is -1.09. The second-order valence-electron chi connectivity index (χ2n) is 4.36. The van der Waals surface area contributed by atoms with E-state index in [1.807, 2.05) is 0 Å². The highest BCUT2D eigenvalue weighted by Gasteiger charge is 2.23. The maximum atomic E-state index is 11.8. The predicted octanol–water partition coefficient (Wildman–Crippen LogP) is 0.531. The molecule has 0 spiro atoms. The molecule has 1 aliphatic carbocycles. The van der Waals surface area contributed by atoms with Crippen molar-refractivity contribution in [2.75, 3.05) is 12.3 Å². The molecule has 0 aromatic carbocycles. The number of rotatable bonds is 6. The fraction of sp³-hybridized carbons (Fsp3) is 0.909. The molecule has 2 atom stereocenters. The van der Waals surface area contributed by atoms with Crippen LogP contribution in [0.3, 0.4) is 0 Å². The van der Waals surface area contributed by atoms with Gasteiger partial charge in [-0.1, -0.05) is 12.8 Å². The van der Waals surface area contributed by atoms with E-state index in [1.165, 1.54) is 12.8 Å². The normalized spacial score (nSPS) is 20.6. The van der Waals surface area contributed by atoms with Crippen LogP contribution in [-0.4, -0.2) is 33.7 Å². The van der Waals surface area contributed by atoms with Crippen molar-refractivity contribution in [2.24, 2.45) is 5.73 Å². The molecule has 0 aromatic rings. The Balaban J connectivity index is 2.31. The summed E-state index contributed by atoms with van der Waals surface area (Å²) in [5.74, 6) is 0.456. The number of carbonyl (C=O) groups is 1. The average molecular weight is 246 g/mol. The summed E-state index contributed by atoms with van der Waals surface area (Å²) in [6.07, 6.45) is 5.22. The number of hydrogen-bond donors (Lipinski definition) is 2. The van der Waals surface area contributed by atoms with Gasteiger partial charge in [-0.2, -0.15) is 0 Å². The van der Waals surface area contributed by atoms with E-state index in [-0.39, 0.29) is 5.91 Å². The van der Waals surface area contributed by atoms with Crippen LogP contribution in [0.25, 0.3) is 0 Å². The molecule has 1 rings (SSSR count). The van der Waals surface area contributed by atoms with Crippen molar-refractivity contribution < 1.29 is 9.00 Å². The van der Waals surface area contributed by atoms with E-state index in [4.69, 9.17) is 5.73 Å². The second kappa shape index (κ2) is 7.01. The zero-order valence-corrected chi connectivity index (χ0v) is 10.7. The molecule has 0 aliphatic heterocycles. The summed E-state index contributed by atoms with van der Waals surface area (Å²) in [6.45, 7) is 2.26. The van der Waals surface area contributed by atoms with E-state index in [0.717, 1.165) is 12.8 Å². The van der Waals surface area contributed by atoms with E-state index in [2.05, 4.69) is 5.32 Å². The van der Waals surface area contributed by atoms with Crippen molar-refractivity contribution in [1.82, 2.24) is 5.32 Å². The third-order valence-corrected chi connectivity index (χ3v) is 4.71. The van der Waals surface area contributed by atoms with Crippen molar-refractivity contribution in [1.29, 1.82) is 0 Å². The molecule has 0 bridgehead atoms. The van der Waals surface area contributed by atoms with Gasteiger partial charge in [0.05, 0.1) is 0 Å². The monoisotopic (exact) mass is 246 g/mol. The smallest absolute Gasteiger partial charge is 0.235 e. The van der Waals surface area contributed by atoms with Crippen molar-refractivity contribution in [3.05, 3.63) is 0 Å². The highest BCUT2D eigenvalue weighted by molar-refractivity contribution is 7.86. The third kappa shape index (κ3) is 4.22. The molecule has 4 nitrogen and oxygen atoms in total. The zero-order valence-electron chi connectivity index (χ0n) is 9.91. The molecule has 0 heterocycles. The first kappa shape index (κ1) is 13.6. The number of hydrogen-bond acceptors (Lipinski definition) is 3. The van der Waals surface area contributed by atoms with E-state index < -0.39 is 16.0 Å². The Hall–Kier alpha value is -0.420. The van der Waals surface area contributed by atoms with Crippen molar-refractivity contribution in [2.45, 2.75) is 50.3 Å². The molecule has 3 N–H and O–H groups in total. The predicted molar refractivity (Wildman–Crippen MR) is 66.5 cm³/mol. The van der Waals surface area contributed by atoms with Gasteiger partial charge in [0, 0.05) is 22.6 Å². The lowest BCUT2D eigenvalue weighted by atomic mass is 10.2. The number of carbonyl (C=O) groups excluding carboxylic acids is 1. The minimum absolute atomic E-state index is 0.0674. The summed E-state index contributed by atoms with van der Waals surface area (Å²) < 4.78 is 11.7. The van der Waals surface area contributed by atoms with Gasteiger partial charge in [-0.05, 0) is 32.7 Å². The van der Waals surface area contributed by atoms with Crippen LogP contribution in [0.5, 0.6) is 0 Å². The van der Waals surface area contributed by atoms with E-state index in [1.54, 1.807) is 6.92 Å². The van der Waals surface area contributed by atoms with Gasteiger partial charge in [-0.15, -0.1) is 0 Å². The fourth-order valence-electron chi connectivity index (χ4n) is 1.91. The summed E-state index contributed by atoms with van der Waals surface area (Å²) in [7, 11) is -1.09. The molecule has 0 saturated heterocycles. The molecule has 0 radical (unpaired) electrons.